The van der Waals surface area contributed by atoms with Crippen molar-refractivity contribution in [1.29, 1.82) is 0 Å². The fourth-order valence-electron chi connectivity index (χ4n) is 3.39. The Morgan fingerprint density at radius 3 is 2.47 bits per heavy atom. The van der Waals surface area contributed by atoms with E-state index in [1.54, 1.807) is 13.2 Å². The van der Waals surface area contributed by atoms with Gasteiger partial charge in [-0.15, -0.1) is 0 Å². The molecule has 0 aliphatic rings. The van der Waals surface area contributed by atoms with Crippen LogP contribution in [0.5, 0.6) is 5.75 Å². The van der Waals surface area contributed by atoms with Crippen LogP contribution in [0.3, 0.4) is 0 Å². The van der Waals surface area contributed by atoms with Gasteiger partial charge in [-0.1, -0.05) is 48.5 Å². The summed E-state index contributed by atoms with van der Waals surface area (Å²) < 4.78 is 11.3. The molecule has 0 fully saturated rings. The van der Waals surface area contributed by atoms with Crippen LogP contribution in [0.1, 0.15) is 12.0 Å². The van der Waals surface area contributed by atoms with Gasteiger partial charge in [0.1, 0.15) is 16.9 Å². The number of hydrogen-bond donors (Lipinski definition) is 2. The summed E-state index contributed by atoms with van der Waals surface area (Å²) in [7, 11) is 1.56. The summed E-state index contributed by atoms with van der Waals surface area (Å²) in [4.78, 5) is 24.4. The van der Waals surface area contributed by atoms with Gasteiger partial charge in [-0.3, -0.25) is 9.59 Å². The van der Waals surface area contributed by atoms with E-state index in [0.717, 1.165) is 21.9 Å². The van der Waals surface area contributed by atoms with Crippen LogP contribution in [-0.4, -0.2) is 25.5 Å². The van der Waals surface area contributed by atoms with E-state index in [1.165, 1.54) is 0 Å². The van der Waals surface area contributed by atoms with Crippen LogP contribution in [0.25, 0.3) is 21.9 Å². The molecule has 30 heavy (non-hydrogen) atoms. The number of nitrogens with one attached hydrogen (secondary N) is 2. The molecule has 1 aromatic heterocycles. The number of rotatable bonds is 7. The van der Waals surface area contributed by atoms with Crippen molar-refractivity contribution in [3.05, 3.63) is 72.3 Å². The van der Waals surface area contributed by atoms with Crippen molar-refractivity contribution in [2.45, 2.75) is 12.8 Å². The number of furan rings is 1. The van der Waals surface area contributed by atoms with Crippen LogP contribution in [-0.2, 0) is 16.0 Å². The van der Waals surface area contributed by atoms with E-state index < -0.39 is 0 Å². The second kappa shape index (κ2) is 8.69. The largest absolute Gasteiger partial charge is 0.495 e. The molecule has 0 atom stereocenters. The minimum atomic E-state index is -0.219. The lowest BCUT2D eigenvalue weighted by molar-refractivity contribution is -0.120. The molecule has 6 nitrogen and oxygen atoms in total. The predicted molar refractivity (Wildman–Crippen MR) is 117 cm³/mol. The summed E-state index contributed by atoms with van der Waals surface area (Å²) >= 11 is 0. The molecular weight excluding hydrogens is 380 g/mol. The molecule has 2 amide bonds. The van der Waals surface area contributed by atoms with Gasteiger partial charge in [-0.25, -0.2) is 0 Å². The van der Waals surface area contributed by atoms with Crippen molar-refractivity contribution in [3.63, 3.8) is 0 Å². The average Bonchev–Trinajstić information content (AvgIpc) is 3.11. The lowest BCUT2D eigenvalue weighted by Gasteiger charge is -2.11. The maximum absolute atomic E-state index is 12.4. The third-order valence-electron chi connectivity index (χ3n) is 4.85. The van der Waals surface area contributed by atoms with Crippen molar-refractivity contribution in [3.8, 4) is 5.75 Å². The van der Waals surface area contributed by atoms with E-state index >= 15 is 0 Å². The van der Waals surface area contributed by atoms with Gasteiger partial charge >= 0.3 is 0 Å². The average molecular weight is 402 g/mol. The Morgan fingerprint density at radius 1 is 0.900 bits per heavy atom. The molecule has 0 bridgehead atoms. The van der Waals surface area contributed by atoms with Crippen LogP contribution in [0, 0.1) is 0 Å². The summed E-state index contributed by atoms with van der Waals surface area (Å²) in [6, 6.07) is 20.8. The van der Waals surface area contributed by atoms with E-state index in [1.807, 2.05) is 60.7 Å². The number of para-hydroxylation sites is 1. The minimum absolute atomic E-state index is 0.115. The molecule has 0 radical (unpaired) electrons. The van der Waals surface area contributed by atoms with Gasteiger partial charge in [-0.05, 0) is 17.7 Å². The van der Waals surface area contributed by atoms with Crippen LogP contribution in [0.2, 0.25) is 0 Å². The first-order valence-corrected chi connectivity index (χ1v) is 9.74. The molecular formula is C24H22N2O4. The normalized spacial score (nSPS) is 10.8. The van der Waals surface area contributed by atoms with E-state index in [4.69, 9.17) is 9.15 Å². The Hall–Kier alpha value is -3.80. The quantitative estimate of drug-likeness (QED) is 0.483. The van der Waals surface area contributed by atoms with Crippen LogP contribution in [0.4, 0.5) is 5.69 Å². The maximum Gasteiger partial charge on any atom is 0.226 e. The lowest BCUT2D eigenvalue weighted by Crippen LogP contribution is -2.28. The Labute approximate surface area is 173 Å². The predicted octanol–water partition coefficient (Wildman–Crippen LogP) is 4.28. The molecule has 0 saturated carbocycles. The SMILES string of the molecule is COc1cc2c(cc1NC(=O)CCNC(=O)Cc1ccccc1)oc1ccccc12. The number of carbonyl (C=O) groups is 2. The van der Waals surface area contributed by atoms with Gasteiger partial charge in [0.2, 0.25) is 11.8 Å². The molecule has 4 rings (SSSR count). The second-order valence-corrected chi connectivity index (χ2v) is 6.96. The zero-order valence-electron chi connectivity index (χ0n) is 16.6. The molecule has 4 aromatic rings. The van der Waals surface area contributed by atoms with Crippen molar-refractivity contribution in [2.24, 2.45) is 0 Å². The molecule has 2 N–H and O–H groups in total. The number of fused-ring (bicyclic) bond motifs is 3. The lowest BCUT2D eigenvalue weighted by atomic mass is 10.1. The Bertz CT molecular complexity index is 1200. The number of methoxy groups -OCH3 is 1. The minimum Gasteiger partial charge on any atom is -0.495 e. The van der Waals surface area contributed by atoms with Gasteiger partial charge in [0, 0.05) is 29.8 Å². The Morgan fingerprint density at radius 2 is 1.67 bits per heavy atom. The zero-order chi connectivity index (χ0) is 20.9. The first kappa shape index (κ1) is 19.5. The van der Waals surface area contributed by atoms with Gasteiger partial charge in [0.05, 0.1) is 19.2 Å². The van der Waals surface area contributed by atoms with Gasteiger partial charge in [-0.2, -0.15) is 0 Å². The highest BCUT2D eigenvalue weighted by molar-refractivity contribution is 6.07. The van der Waals surface area contributed by atoms with Crippen LogP contribution in [0.15, 0.2) is 71.1 Å². The second-order valence-electron chi connectivity index (χ2n) is 6.96. The third kappa shape index (κ3) is 4.27. The summed E-state index contributed by atoms with van der Waals surface area (Å²) in [5.74, 6) is 0.217. The van der Waals surface area contributed by atoms with E-state index in [9.17, 15) is 9.59 Å². The third-order valence-corrected chi connectivity index (χ3v) is 4.85. The molecule has 0 saturated heterocycles. The first-order chi connectivity index (χ1) is 14.6. The Balaban J connectivity index is 1.39. The molecule has 0 aliphatic carbocycles. The number of benzene rings is 3. The molecule has 152 valence electrons. The van der Waals surface area contributed by atoms with Gasteiger partial charge in [0.15, 0.2) is 0 Å². The van der Waals surface area contributed by atoms with Gasteiger partial charge < -0.3 is 19.8 Å². The molecule has 6 heteroatoms. The van der Waals surface area contributed by atoms with E-state index in [-0.39, 0.29) is 24.8 Å². The molecule has 3 aromatic carbocycles. The number of anilines is 1. The molecule has 0 unspecified atom stereocenters. The fourth-order valence-corrected chi connectivity index (χ4v) is 3.39. The smallest absolute Gasteiger partial charge is 0.226 e. The van der Waals surface area contributed by atoms with Crippen molar-refractivity contribution < 1.29 is 18.7 Å². The topological polar surface area (TPSA) is 80.6 Å². The number of amides is 2. The number of carbonyl (C=O) groups excluding carboxylic acids is 2. The van der Waals surface area contributed by atoms with E-state index in [0.29, 0.717) is 23.4 Å². The summed E-state index contributed by atoms with van der Waals surface area (Å²) in [6.45, 7) is 0.257. The standard InChI is InChI=1S/C24H22N2O4/c1-29-22-14-18-17-9-5-6-10-20(17)30-21(18)15-19(22)26-23(27)11-12-25-24(28)13-16-7-3-2-4-8-16/h2-10,14-15H,11-13H2,1H3,(H,25,28)(H,26,27). The van der Waals surface area contributed by atoms with Gasteiger partial charge in [0.25, 0.3) is 0 Å². The molecule has 1 heterocycles. The summed E-state index contributed by atoms with van der Waals surface area (Å²) in [5.41, 5.74) is 2.91. The maximum atomic E-state index is 12.4. The number of hydrogen-bond acceptors (Lipinski definition) is 4. The summed E-state index contributed by atoms with van der Waals surface area (Å²) in [6.07, 6.45) is 0.445. The highest BCUT2D eigenvalue weighted by Crippen LogP contribution is 2.36. The first-order valence-electron chi connectivity index (χ1n) is 9.74. The highest BCUT2D eigenvalue weighted by Gasteiger charge is 2.14. The monoisotopic (exact) mass is 402 g/mol. The van der Waals surface area contributed by atoms with Crippen LogP contribution < -0.4 is 15.4 Å². The van der Waals surface area contributed by atoms with E-state index in [2.05, 4.69) is 10.6 Å². The van der Waals surface area contributed by atoms with Crippen molar-refractivity contribution >= 4 is 39.4 Å². The van der Waals surface area contributed by atoms with Crippen molar-refractivity contribution in [1.82, 2.24) is 5.32 Å². The Kier molecular flexibility index (Phi) is 5.66. The zero-order valence-corrected chi connectivity index (χ0v) is 16.6. The summed E-state index contributed by atoms with van der Waals surface area (Å²) in [5, 5.41) is 7.54. The number of ether oxygens (including phenoxy) is 1. The highest BCUT2D eigenvalue weighted by atomic mass is 16.5. The van der Waals surface area contributed by atoms with Crippen LogP contribution >= 0.6 is 0 Å². The fraction of sp³-hybridized carbons (Fsp3) is 0.167. The molecule has 0 aliphatic heterocycles. The van der Waals surface area contributed by atoms with Crippen molar-refractivity contribution in [2.75, 3.05) is 19.0 Å². The molecule has 0 spiro atoms.